The predicted octanol–water partition coefficient (Wildman–Crippen LogP) is 2.09. The molecule has 0 saturated carbocycles. The molecule has 0 unspecified atom stereocenters. The maximum atomic E-state index is 11.5. The molecule has 0 spiro atoms. The van der Waals surface area contributed by atoms with Crippen molar-refractivity contribution in [2.75, 3.05) is 0 Å². The Hall–Kier alpha value is -2.12. The van der Waals surface area contributed by atoms with Crippen LogP contribution in [0.5, 0.6) is 5.75 Å². The van der Waals surface area contributed by atoms with Crippen LogP contribution in [-0.4, -0.2) is 16.8 Å². The van der Waals surface area contributed by atoms with Crippen LogP contribution in [0, 0.1) is 0 Å². The fraction of sp³-hybridized carbons (Fsp3) is 0.214. The summed E-state index contributed by atoms with van der Waals surface area (Å²) in [5, 5.41) is 3.19. The highest BCUT2D eigenvalue weighted by atomic mass is 35.5. The predicted molar refractivity (Wildman–Crippen MR) is 83.6 cm³/mol. The van der Waals surface area contributed by atoms with Gasteiger partial charge in [-0.25, -0.2) is 4.98 Å². The summed E-state index contributed by atoms with van der Waals surface area (Å²) >= 11 is 7.20. The fourth-order valence-corrected chi connectivity index (χ4v) is 2.37. The number of hydrogen-bond donors (Lipinski definition) is 2. The number of thiazole rings is 1. The summed E-state index contributed by atoms with van der Waals surface area (Å²) < 4.78 is 5.58. The molecule has 1 heterocycles. The first kappa shape index (κ1) is 16.3. The molecule has 0 radical (unpaired) electrons. The minimum Gasteiger partial charge on any atom is -0.486 e. The second-order valence-electron chi connectivity index (χ2n) is 4.38. The average molecular weight is 340 g/mol. The number of rotatable bonds is 5. The molecule has 22 heavy (non-hydrogen) atoms. The first-order valence-corrected chi connectivity index (χ1v) is 7.66. The summed E-state index contributed by atoms with van der Waals surface area (Å²) in [6.07, 6.45) is 0.0950. The van der Waals surface area contributed by atoms with E-state index in [1.54, 1.807) is 29.6 Å². The number of halogens is 1. The molecule has 8 heteroatoms. The molecule has 6 nitrogen and oxygen atoms in total. The highest BCUT2D eigenvalue weighted by Crippen LogP contribution is 2.18. The highest BCUT2D eigenvalue weighted by molar-refractivity contribution is 7.09. The number of nitrogens with zero attached hydrogens (tertiary/aromatic N) is 1. The van der Waals surface area contributed by atoms with E-state index >= 15 is 0 Å². The second kappa shape index (κ2) is 7.77. The maximum absolute atomic E-state index is 11.5. The molecule has 0 aliphatic heterocycles. The van der Waals surface area contributed by atoms with Gasteiger partial charge in [-0.2, -0.15) is 0 Å². The Morgan fingerprint density at radius 1 is 1.27 bits per heavy atom. The van der Waals surface area contributed by atoms with Gasteiger partial charge in [-0.1, -0.05) is 11.6 Å². The molecular formula is C14H14ClN3O3S. The number of carbonyl (C=O) groups excluding carboxylic acids is 2. The van der Waals surface area contributed by atoms with Crippen molar-refractivity contribution in [3.8, 4) is 5.75 Å². The third-order valence-corrected chi connectivity index (χ3v) is 3.62. The van der Waals surface area contributed by atoms with E-state index in [0.29, 0.717) is 23.1 Å². The van der Waals surface area contributed by atoms with Crippen LogP contribution in [0.15, 0.2) is 29.6 Å². The Labute approximate surface area is 136 Å². The molecule has 0 saturated heterocycles. The van der Waals surface area contributed by atoms with E-state index in [-0.39, 0.29) is 18.2 Å². The molecule has 0 aliphatic rings. The van der Waals surface area contributed by atoms with Crippen LogP contribution in [-0.2, 0) is 22.6 Å². The SMILES string of the molecule is CC(=O)NNC(=O)Cc1csc(COc2ccc(Cl)cc2)n1. The van der Waals surface area contributed by atoms with E-state index < -0.39 is 0 Å². The maximum Gasteiger partial charge on any atom is 0.244 e. The summed E-state index contributed by atoms with van der Waals surface area (Å²) in [4.78, 5) is 26.5. The number of ether oxygens (including phenoxy) is 1. The minimum atomic E-state index is -0.330. The van der Waals surface area contributed by atoms with Crippen molar-refractivity contribution in [1.29, 1.82) is 0 Å². The van der Waals surface area contributed by atoms with E-state index in [1.165, 1.54) is 18.3 Å². The van der Waals surface area contributed by atoms with Crippen LogP contribution in [0.2, 0.25) is 5.02 Å². The van der Waals surface area contributed by atoms with Gasteiger partial charge in [0.15, 0.2) is 0 Å². The van der Waals surface area contributed by atoms with Gasteiger partial charge in [0, 0.05) is 17.3 Å². The third-order valence-electron chi connectivity index (χ3n) is 2.49. The average Bonchev–Trinajstić information content (AvgIpc) is 2.92. The Morgan fingerprint density at radius 2 is 2.00 bits per heavy atom. The molecule has 1 aromatic heterocycles. The number of hydrogen-bond acceptors (Lipinski definition) is 5. The number of nitrogens with one attached hydrogen (secondary N) is 2. The lowest BCUT2D eigenvalue weighted by Crippen LogP contribution is -2.41. The number of hydrazine groups is 1. The number of aromatic nitrogens is 1. The molecule has 0 bridgehead atoms. The zero-order valence-corrected chi connectivity index (χ0v) is 13.3. The summed E-state index contributed by atoms with van der Waals surface area (Å²) in [5.41, 5.74) is 5.14. The van der Waals surface area contributed by atoms with Crippen LogP contribution < -0.4 is 15.6 Å². The first-order valence-electron chi connectivity index (χ1n) is 6.40. The Balaban J connectivity index is 1.82. The van der Waals surface area contributed by atoms with Gasteiger partial charge in [-0.3, -0.25) is 20.4 Å². The minimum absolute atomic E-state index is 0.0950. The molecule has 1 aromatic carbocycles. The number of benzene rings is 1. The van der Waals surface area contributed by atoms with E-state index in [4.69, 9.17) is 16.3 Å². The molecule has 2 amide bonds. The van der Waals surface area contributed by atoms with E-state index in [1.807, 2.05) is 0 Å². The Kier molecular flexibility index (Phi) is 5.74. The van der Waals surface area contributed by atoms with Crippen molar-refractivity contribution in [1.82, 2.24) is 15.8 Å². The van der Waals surface area contributed by atoms with E-state index in [9.17, 15) is 9.59 Å². The van der Waals surface area contributed by atoms with Crippen LogP contribution in [0.3, 0.4) is 0 Å². The zero-order valence-electron chi connectivity index (χ0n) is 11.8. The lowest BCUT2D eigenvalue weighted by molar-refractivity contribution is -0.127. The van der Waals surface area contributed by atoms with Crippen molar-refractivity contribution in [2.24, 2.45) is 0 Å². The topological polar surface area (TPSA) is 80.3 Å². The number of amides is 2. The van der Waals surface area contributed by atoms with Crippen molar-refractivity contribution in [3.05, 3.63) is 45.4 Å². The van der Waals surface area contributed by atoms with Gasteiger partial charge >= 0.3 is 0 Å². The smallest absolute Gasteiger partial charge is 0.244 e. The van der Waals surface area contributed by atoms with Crippen molar-refractivity contribution in [3.63, 3.8) is 0 Å². The van der Waals surface area contributed by atoms with Gasteiger partial charge in [0.1, 0.15) is 17.4 Å². The summed E-state index contributed by atoms with van der Waals surface area (Å²) in [5.74, 6) is 0.0407. The molecule has 2 rings (SSSR count). The van der Waals surface area contributed by atoms with Crippen molar-refractivity contribution < 1.29 is 14.3 Å². The fourth-order valence-electron chi connectivity index (χ4n) is 1.54. The van der Waals surface area contributed by atoms with Gasteiger partial charge in [-0.05, 0) is 24.3 Å². The first-order chi connectivity index (χ1) is 10.5. The Bertz CT molecular complexity index is 658. The molecule has 2 N–H and O–H groups in total. The zero-order chi connectivity index (χ0) is 15.9. The van der Waals surface area contributed by atoms with Gasteiger partial charge in [0.25, 0.3) is 0 Å². The lowest BCUT2D eigenvalue weighted by Gasteiger charge is -2.04. The van der Waals surface area contributed by atoms with Gasteiger partial charge in [0.2, 0.25) is 11.8 Å². The summed E-state index contributed by atoms with van der Waals surface area (Å²) in [6.45, 7) is 1.63. The molecule has 116 valence electrons. The molecule has 0 atom stereocenters. The van der Waals surface area contributed by atoms with Crippen molar-refractivity contribution >= 4 is 34.8 Å². The van der Waals surface area contributed by atoms with Crippen LogP contribution in [0.1, 0.15) is 17.6 Å². The largest absolute Gasteiger partial charge is 0.486 e. The van der Waals surface area contributed by atoms with Crippen LogP contribution >= 0.6 is 22.9 Å². The van der Waals surface area contributed by atoms with E-state index in [0.717, 1.165) is 5.01 Å². The quantitative estimate of drug-likeness (QED) is 0.817. The second-order valence-corrected chi connectivity index (χ2v) is 5.76. The van der Waals surface area contributed by atoms with Gasteiger partial charge < -0.3 is 4.74 Å². The molecule has 0 aliphatic carbocycles. The third kappa shape index (κ3) is 5.34. The van der Waals surface area contributed by atoms with Crippen molar-refractivity contribution in [2.45, 2.75) is 20.0 Å². The van der Waals surface area contributed by atoms with Gasteiger partial charge in [0.05, 0.1) is 12.1 Å². The standard InChI is InChI=1S/C14H14ClN3O3S/c1-9(19)17-18-13(20)6-11-8-22-14(16-11)7-21-12-4-2-10(15)3-5-12/h2-5,8H,6-7H2,1H3,(H,17,19)(H,18,20). The molecule has 0 fully saturated rings. The van der Waals surface area contributed by atoms with Crippen LogP contribution in [0.4, 0.5) is 0 Å². The molecule has 2 aromatic rings. The summed E-state index contributed by atoms with van der Waals surface area (Å²) in [6, 6.07) is 7.04. The summed E-state index contributed by atoms with van der Waals surface area (Å²) in [7, 11) is 0. The number of carbonyl (C=O) groups is 2. The lowest BCUT2D eigenvalue weighted by atomic mass is 10.3. The van der Waals surface area contributed by atoms with Crippen LogP contribution in [0.25, 0.3) is 0 Å². The molecular weight excluding hydrogens is 326 g/mol. The monoisotopic (exact) mass is 339 g/mol. The Morgan fingerprint density at radius 3 is 2.68 bits per heavy atom. The highest BCUT2D eigenvalue weighted by Gasteiger charge is 2.08. The van der Waals surface area contributed by atoms with Gasteiger partial charge in [-0.15, -0.1) is 11.3 Å². The normalized spacial score (nSPS) is 10.1. The van der Waals surface area contributed by atoms with E-state index in [2.05, 4.69) is 15.8 Å².